The highest BCUT2D eigenvalue weighted by Crippen LogP contribution is 2.48. The summed E-state index contributed by atoms with van der Waals surface area (Å²) in [6.45, 7) is 0. The molecule has 0 spiro atoms. The van der Waals surface area contributed by atoms with Gasteiger partial charge in [-0.25, -0.2) is 0 Å². The highest BCUT2D eigenvalue weighted by atomic mass is 32.1. The first kappa shape index (κ1) is 23.3. The predicted molar refractivity (Wildman–Crippen MR) is 189 cm³/mol. The van der Waals surface area contributed by atoms with Gasteiger partial charge >= 0.3 is 0 Å². The van der Waals surface area contributed by atoms with E-state index in [9.17, 15) is 0 Å². The summed E-state index contributed by atoms with van der Waals surface area (Å²) in [4.78, 5) is 0. The molecular weight excluding hydrogens is 537 g/mol. The van der Waals surface area contributed by atoms with Crippen molar-refractivity contribution in [3.8, 4) is 22.3 Å². The first-order valence-electron chi connectivity index (χ1n) is 14.9. The molecular formula is C42H24S. The molecule has 198 valence electrons. The van der Waals surface area contributed by atoms with Crippen molar-refractivity contribution in [1.29, 1.82) is 0 Å². The van der Waals surface area contributed by atoms with Crippen LogP contribution in [0.4, 0.5) is 0 Å². The monoisotopic (exact) mass is 560 g/mol. The Morgan fingerprint density at radius 2 is 0.674 bits per heavy atom. The van der Waals surface area contributed by atoms with Crippen LogP contribution >= 0.6 is 11.3 Å². The summed E-state index contributed by atoms with van der Waals surface area (Å²) in [5.74, 6) is 0. The lowest BCUT2D eigenvalue weighted by molar-refractivity contribution is 1.67. The molecule has 9 aromatic carbocycles. The Bertz CT molecular complexity index is 2610. The standard InChI is InChI=1S/C42H24S/c1-2-11-25(12-3-1)27-17-8-21-35-36-22-9-18-28(42(36)43-41(27)35)26-23-37-31-15-6-4-13-29(31)33-19-10-20-34-30-14-5-7-16-32(30)38(24-26)40(37)39(33)34/h1-24H. The van der Waals surface area contributed by atoms with Gasteiger partial charge in [0.05, 0.1) is 0 Å². The summed E-state index contributed by atoms with van der Waals surface area (Å²) >= 11 is 1.93. The van der Waals surface area contributed by atoms with Crippen LogP contribution in [0.3, 0.4) is 0 Å². The number of benzene rings is 9. The van der Waals surface area contributed by atoms with Crippen molar-refractivity contribution in [1.82, 2.24) is 0 Å². The Labute approximate surface area is 252 Å². The molecule has 0 amide bonds. The number of rotatable bonds is 2. The van der Waals surface area contributed by atoms with Gasteiger partial charge in [0.25, 0.3) is 0 Å². The van der Waals surface area contributed by atoms with Crippen LogP contribution in [0.15, 0.2) is 146 Å². The second-order valence-corrected chi connectivity index (χ2v) is 12.6. The maximum Gasteiger partial charge on any atom is 0.0434 e. The molecule has 0 unspecified atom stereocenters. The minimum Gasteiger partial charge on any atom is -0.134 e. The molecule has 10 rings (SSSR count). The number of hydrogen-bond donors (Lipinski definition) is 0. The zero-order valence-electron chi connectivity index (χ0n) is 23.3. The third kappa shape index (κ3) is 3.15. The molecule has 0 saturated carbocycles. The van der Waals surface area contributed by atoms with Crippen LogP contribution in [-0.2, 0) is 0 Å². The number of fused-ring (bicyclic) bond motifs is 9. The predicted octanol–water partition coefficient (Wildman–Crippen LogP) is 12.6. The van der Waals surface area contributed by atoms with E-state index < -0.39 is 0 Å². The Morgan fingerprint density at radius 3 is 1.23 bits per heavy atom. The zero-order valence-corrected chi connectivity index (χ0v) is 24.1. The fourth-order valence-electron chi connectivity index (χ4n) is 7.56. The summed E-state index contributed by atoms with van der Waals surface area (Å²) in [5, 5.41) is 16.0. The van der Waals surface area contributed by atoms with Crippen LogP contribution in [0, 0.1) is 0 Å². The van der Waals surface area contributed by atoms with E-state index >= 15 is 0 Å². The van der Waals surface area contributed by atoms with Gasteiger partial charge < -0.3 is 0 Å². The van der Waals surface area contributed by atoms with E-state index in [0.717, 1.165) is 0 Å². The van der Waals surface area contributed by atoms with E-state index in [1.165, 1.54) is 96.3 Å². The highest BCUT2D eigenvalue weighted by Gasteiger charge is 2.19. The topological polar surface area (TPSA) is 0 Å². The Morgan fingerprint density at radius 1 is 0.279 bits per heavy atom. The smallest absolute Gasteiger partial charge is 0.0434 e. The minimum atomic E-state index is 1.27. The fourth-order valence-corrected chi connectivity index (χ4v) is 8.93. The van der Waals surface area contributed by atoms with Crippen molar-refractivity contribution in [2.75, 3.05) is 0 Å². The molecule has 0 saturated heterocycles. The van der Waals surface area contributed by atoms with Gasteiger partial charge in [0, 0.05) is 20.2 Å². The van der Waals surface area contributed by atoms with Crippen LogP contribution in [0.1, 0.15) is 0 Å². The average molecular weight is 561 g/mol. The summed E-state index contributed by atoms with van der Waals surface area (Å²) in [7, 11) is 0. The van der Waals surface area contributed by atoms with Crippen LogP contribution < -0.4 is 0 Å². The maximum atomic E-state index is 2.46. The second-order valence-electron chi connectivity index (χ2n) is 11.6. The molecule has 10 aromatic rings. The first-order valence-corrected chi connectivity index (χ1v) is 15.7. The molecule has 0 aliphatic heterocycles. The molecule has 0 bridgehead atoms. The van der Waals surface area contributed by atoms with Gasteiger partial charge in [0.15, 0.2) is 0 Å². The quantitative estimate of drug-likeness (QED) is 0.146. The van der Waals surface area contributed by atoms with E-state index in [0.29, 0.717) is 0 Å². The van der Waals surface area contributed by atoms with E-state index in [2.05, 4.69) is 146 Å². The third-order valence-corrected chi connectivity index (χ3v) is 10.7. The lowest BCUT2D eigenvalue weighted by Gasteiger charge is -2.19. The van der Waals surface area contributed by atoms with Crippen LogP contribution in [-0.4, -0.2) is 0 Å². The van der Waals surface area contributed by atoms with Gasteiger partial charge in [-0.05, 0) is 88.2 Å². The maximum absolute atomic E-state index is 2.46. The van der Waals surface area contributed by atoms with Crippen LogP contribution in [0.5, 0.6) is 0 Å². The molecule has 43 heavy (non-hydrogen) atoms. The number of thiophene rings is 1. The molecule has 0 fully saturated rings. The van der Waals surface area contributed by atoms with Crippen molar-refractivity contribution < 1.29 is 0 Å². The molecule has 0 atom stereocenters. The van der Waals surface area contributed by atoms with Gasteiger partial charge in [-0.3, -0.25) is 0 Å². The van der Waals surface area contributed by atoms with Crippen LogP contribution in [0.2, 0.25) is 0 Å². The van der Waals surface area contributed by atoms with Crippen molar-refractivity contribution in [3.63, 3.8) is 0 Å². The first-order chi connectivity index (χ1) is 21.3. The summed E-state index contributed by atoms with van der Waals surface area (Å²) in [5.41, 5.74) is 5.15. The highest BCUT2D eigenvalue weighted by molar-refractivity contribution is 7.26. The van der Waals surface area contributed by atoms with Gasteiger partial charge in [0.1, 0.15) is 0 Å². The van der Waals surface area contributed by atoms with Crippen molar-refractivity contribution in [2.45, 2.75) is 0 Å². The van der Waals surface area contributed by atoms with Crippen molar-refractivity contribution in [3.05, 3.63) is 146 Å². The minimum absolute atomic E-state index is 1.27. The SMILES string of the molecule is c1ccc(-c2cccc3c2sc2c(-c4cc5c6ccccc6c6cccc7c8ccccc8c(c4)c5c67)cccc23)cc1. The molecule has 1 aromatic heterocycles. The van der Waals surface area contributed by atoms with Gasteiger partial charge in [-0.2, -0.15) is 0 Å². The Kier molecular flexibility index (Phi) is 4.69. The third-order valence-electron chi connectivity index (χ3n) is 9.39. The lowest BCUT2D eigenvalue weighted by atomic mass is 9.84. The lowest BCUT2D eigenvalue weighted by Crippen LogP contribution is -1.91. The molecule has 0 aliphatic carbocycles. The molecule has 0 radical (unpaired) electrons. The fraction of sp³-hybridized carbons (Fsp3) is 0. The number of hydrogen-bond acceptors (Lipinski definition) is 1. The Balaban J connectivity index is 1.37. The second kappa shape index (κ2) is 8.64. The summed E-state index contributed by atoms with van der Waals surface area (Å²) in [6.07, 6.45) is 0. The molecule has 1 heteroatoms. The van der Waals surface area contributed by atoms with E-state index in [4.69, 9.17) is 0 Å². The molecule has 0 nitrogen and oxygen atoms in total. The van der Waals surface area contributed by atoms with Crippen molar-refractivity contribution >= 4 is 85.4 Å². The normalized spacial score (nSPS) is 12.2. The summed E-state index contributed by atoms with van der Waals surface area (Å²) in [6, 6.07) is 54.0. The largest absolute Gasteiger partial charge is 0.134 e. The van der Waals surface area contributed by atoms with E-state index in [1.807, 2.05) is 11.3 Å². The van der Waals surface area contributed by atoms with Gasteiger partial charge in [-0.15, -0.1) is 11.3 Å². The molecule has 0 aliphatic rings. The zero-order chi connectivity index (χ0) is 28.1. The molecule has 0 N–H and O–H groups in total. The van der Waals surface area contributed by atoms with E-state index in [1.54, 1.807) is 0 Å². The van der Waals surface area contributed by atoms with Gasteiger partial charge in [0.2, 0.25) is 0 Å². The Hall–Kier alpha value is -5.24. The van der Waals surface area contributed by atoms with E-state index in [-0.39, 0.29) is 0 Å². The van der Waals surface area contributed by atoms with Crippen LogP contribution in [0.25, 0.3) is 96.3 Å². The summed E-state index contributed by atoms with van der Waals surface area (Å²) < 4.78 is 2.70. The average Bonchev–Trinajstić information content (AvgIpc) is 3.47. The molecule has 1 heterocycles. The van der Waals surface area contributed by atoms with Crippen molar-refractivity contribution in [2.24, 2.45) is 0 Å². The van der Waals surface area contributed by atoms with Gasteiger partial charge in [-0.1, -0.05) is 133 Å².